The van der Waals surface area contributed by atoms with E-state index in [2.05, 4.69) is 15.0 Å². The van der Waals surface area contributed by atoms with Gasteiger partial charge in [-0.1, -0.05) is 0 Å². The minimum absolute atomic E-state index is 0.203. The lowest BCUT2D eigenvalue weighted by Gasteiger charge is -2.16. The summed E-state index contributed by atoms with van der Waals surface area (Å²) in [6, 6.07) is 0. The molecule has 2 aromatic heterocycles. The van der Waals surface area contributed by atoms with E-state index in [4.69, 9.17) is 15.2 Å². The van der Waals surface area contributed by atoms with Gasteiger partial charge in [0, 0.05) is 6.61 Å². The molecule has 0 bridgehead atoms. The maximum atomic E-state index is 10.2. The van der Waals surface area contributed by atoms with Gasteiger partial charge in [0.1, 0.15) is 30.2 Å². The van der Waals surface area contributed by atoms with Crippen LogP contribution in [0.4, 0.5) is 5.82 Å². The summed E-state index contributed by atoms with van der Waals surface area (Å²) in [4.78, 5) is 12.1. The van der Waals surface area contributed by atoms with Gasteiger partial charge in [-0.2, -0.15) is 0 Å². The summed E-state index contributed by atoms with van der Waals surface area (Å²) in [5, 5.41) is 20.2. The first-order valence-electron chi connectivity index (χ1n) is 6.65. The molecule has 114 valence electrons. The number of nitrogens with two attached hydrogens (primary N) is 1. The summed E-state index contributed by atoms with van der Waals surface area (Å²) in [6.45, 7) is 2.55. The lowest BCUT2D eigenvalue weighted by atomic mass is 10.1. The molecule has 0 radical (unpaired) electrons. The molecule has 0 aliphatic carbocycles. The molecule has 0 saturated carbocycles. The van der Waals surface area contributed by atoms with Gasteiger partial charge >= 0.3 is 0 Å². The molecule has 1 aliphatic heterocycles. The van der Waals surface area contributed by atoms with Crippen molar-refractivity contribution in [3.63, 3.8) is 0 Å². The van der Waals surface area contributed by atoms with E-state index in [1.807, 2.05) is 6.92 Å². The molecule has 9 heteroatoms. The second kappa shape index (κ2) is 5.53. The Hall–Kier alpha value is -1.81. The SMILES string of the molecule is CCOC[C@H]1O[C@@H](n2cnc3c(N)ncnc32)[C@H](O)[C@@H]1O. The van der Waals surface area contributed by atoms with E-state index in [-0.39, 0.29) is 12.4 Å². The number of ether oxygens (including phenoxy) is 2. The highest BCUT2D eigenvalue weighted by atomic mass is 16.6. The van der Waals surface area contributed by atoms with E-state index in [9.17, 15) is 10.2 Å². The number of hydrogen-bond donors (Lipinski definition) is 3. The molecule has 1 fully saturated rings. The van der Waals surface area contributed by atoms with Crippen LogP contribution in [0.5, 0.6) is 0 Å². The molecule has 9 nitrogen and oxygen atoms in total. The highest BCUT2D eigenvalue weighted by Crippen LogP contribution is 2.31. The van der Waals surface area contributed by atoms with Crippen LogP contribution in [-0.4, -0.2) is 61.3 Å². The molecule has 3 heterocycles. The minimum atomic E-state index is -1.11. The molecule has 4 N–H and O–H groups in total. The van der Waals surface area contributed by atoms with Crippen molar-refractivity contribution in [2.75, 3.05) is 18.9 Å². The van der Waals surface area contributed by atoms with Gasteiger partial charge in [-0.15, -0.1) is 0 Å². The summed E-state index contributed by atoms with van der Waals surface area (Å²) in [5.41, 5.74) is 6.59. The standard InChI is InChI=1S/C12H17N5O4/c1-2-20-3-6-8(18)9(19)12(21-6)17-5-16-7-10(13)14-4-15-11(7)17/h4-6,8-9,12,18-19H,2-3H2,1H3,(H2,13,14,15)/t6-,8-,9-,12-/m1/s1. The second-order valence-electron chi connectivity index (χ2n) is 4.79. The van der Waals surface area contributed by atoms with E-state index in [1.165, 1.54) is 17.2 Å². The van der Waals surface area contributed by atoms with Crippen molar-refractivity contribution in [3.05, 3.63) is 12.7 Å². The van der Waals surface area contributed by atoms with Gasteiger partial charge in [0.2, 0.25) is 0 Å². The molecule has 21 heavy (non-hydrogen) atoms. The van der Waals surface area contributed by atoms with E-state index in [0.717, 1.165) is 0 Å². The quantitative estimate of drug-likeness (QED) is 0.659. The molecule has 3 rings (SSSR count). The van der Waals surface area contributed by atoms with Gasteiger partial charge in [0.25, 0.3) is 0 Å². The number of aliphatic hydroxyl groups is 2. The van der Waals surface area contributed by atoms with Crippen LogP contribution < -0.4 is 5.73 Å². The first kappa shape index (κ1) is 14.1. The van der Waals surface area contributed by atoms with Crippen LogP contribution in [0.3, 0.4) is 0 Å². The molecule has 0 amide bonds. The summed E-state index contributed by atoms with van der Waals surface area (Å²) in [5.74, 6) is 0.248. The van der Waals surface area contributed by atoms with E-state index >= 15 is 0 Å². The molecule has 0 aromatic carbocycles. The number of anilines is 1. The average molecular weight is 295 g/mol. The Morgan fingerprint density at radius 1 is 1.33 bits per heavy atom. The molecule has 0 unspecified atom stereocenters. The number of nitrogens with zero attached hydrogens (tertiary/aromatic N) is 4. The molecular weight excluding hydrogens is 278 g/mol. The van der Waals surface area contributed by atoms with Gasteiger partial charge in [-0.3, -0.25) is 4.57 Å². The third-order valence-electron chi connectivity index (χ3n) is 3.48. The maximum Gasteiger partial charge on any atom is 0.167 e. The highest BCUT2D eigenvalue weighted by Gasteiger charge is 2.44. The van der Waals surface area contributed by atoms with Crippen LogP contribution >= 0.6 is 0 Å². The predicted octanol–water partition coefficient (Wildman–Crippen LogP) is -0.936. The average Bonchev–Trinajstić information content (AvgIpc) is 3.02. The van der Waals surface area contributed by atoms with Crippen LogP contribution in [0, 0.1) is 0 Å². The highest BCUT2D eigenvalue weighted by molar-refractivity contribution is 5.81. The zero-order chi connectivity index (χ0) is 15.0. The Balaban J connectivity index is 1.90. The van der Waals surface area contributed by atoms with Crippen LogP contribution in [-0.2, 0) is 9.47 Å². The topological polar surface area (TPSA) is 129 Å². The van der Waals surface area contributed by atoms with Crippen LogP contribution in [0.2, 0.25) is 0 Å². The Morgan fingerprint density at radius 3 is 2.90 bits per heavy atom. The number of aliphatic hydroxyl groups excluding tert-OH is 2. The summed E-state index contributed by atoms with van der Waals surface area (Å²) >= 11 is 0. The largest absolute Gasteiger partial charge is 0.387 e. The first-order chi connectivity index (χ1) is 10.1. The second-order valence-corrected chi connectivity index (χ2v) is 4.79. The first-order valence-corrected chi connectivity index (χ1v) is 6.65. The third-order valence-corrected chi connectivity index (χ3v) is 3.48. The Labute approximate surface area is 120 Å². The zero-order valence-corrected chi connectivity index (χ0v) is 11.5. The summed E-state index contributed by atoms with van der Waals surface area (Å²) in [7, 11) is 0. The predicted molar refractivity (Wildman–Crippen MR) is 72.2 cm³/mol. The van der Waals surface area contributed by atoms with Crippen molar-refractivity contribution in [2.45, 2.75) is 31.5 Å². The molecule has 4 atom stereocenters. The van der Waals surface area contributed by atoms with E-state index < -0.39 is 24.5 Å². The molecule has 1 saturated heterocycles. The lowest BCUT2D eigenvalue weighted by molar-refractivity contribution is -0.0638. The molecule has 0 spiro atoms. The number of rotatable bonds is 4. The fraction of sp³-hybridized carbons (Fsp3) is 0.583. The molecule has 1 aliphatic rings. The number of hydrogen-bond acceptors (Lipinski definition) is 8. The van der Waals surface area contributed by atoms with Crippen LogP contribution in [0.1, 0.15) is 13.2 Å². The number of imidazole rings is 1. The van der Waals surface area contributed by atoms with Crippen molar-refractivity contribution >= 4 is 17.0 Å². The van der Waals surface area contributed by atoms with Crippen LogP contribution in [0.25, 0.3) is 11.2 Å². The normalized spacial score (nSPS) is 29.3. The van der Waals surface area contributed by atoms with Gasteiger partial charge in [0.15, 0.2) is 17.7 Å². The zero-order valence-electron chi connectivity index (χ0n) is 11.5. The van der Waals surface area contributed by atoms with Gasteiger partial charge in [0.05, 0.1) is 12.9 Å². The van der Waals surface area contributed by atoms with Crippen molar-refractivity contribution < 1.29 is 19.7 Å². The van der Waals surface area contributed by atoms with Crippen molar-refractivity contribution in [1.29, 1.82) is 0 Å². The Morgan fingerprint density at radius 2 is 2.14 bits per heavy atom. The van der Waals surface area contributed by atoms with Crippen molar-refractivity contribution in [3.8, 4) is 0 Å². The Bertz CT molecular complexity index is 633. The smallest absolute Gasteiger partial charge is 0.167 e. The summed E-state index contributed by atoms with van der Waals surface area (Å²) < 4.78 is 12.5. The van der Waals surface area contributed by atoms with Gasteiger partial charge in [-0.05, 0) is 6.92 Å². The van der Waals surface area contributed by atoms with Gasteiger partial charge < -0.3 is 25.4 Å². The number of fused-ring (bicyclic) bond motifs is 1. The number of nitrogen functional groups attached to an aromatic ring is 1. The minimum Gasteiger partial charge on any atom is -0.387 e. The fourth-order valence-corrected chi connectivity index (χ4v) is 2.39. The lowest BCUT2D eigenvalue weighted by Crippen LogP contribution is -2.33. The Kier molecular flexibility index (Phi) is 3.72. The van der Waals surface area contributed by atoms with Crippen LogP contribution in [0.15, 0.2) is 12.7 Å². The van der Waals surface area contributed by atoms with Crippen molar-refractivity contribution in [2.24, 2.45) is 0 Å². The summed E-state index contributed by atoms with van der Waals surface area (Å²) in [6.07, 6.45) is -0.793. The van der Waals surface area contributed by atoms with E-state index in [0.29, 0.717) is 17.8 Å². The monoisotopic (exact) mass is 295 g/mol. The van der Waals surface area contributed by atoms with Crippen molar-refractivity contribution in [1.82, 2.24) is 19.5 Å². The van der Waals surface area contributed by atoms with E-state index in [1.54, 1.807) is 0 Å². The fourth-order valence-electron chi connectivity index (χ4n) is 2.39. The third kappa shape index (κ3) is 2.33. The maximum absolute atomic E-state index is 10.2. The molecule has 2 aromatic rings. The van der Waals surface area contributed by atoms with Gasteiger partial charge in [-0.25, -0.2) is 15.0 Å². The number of aromatic nitrogens is 4. The molecular formula is C12H17N5O4.